The van der Waals surface area contributed by atoms with Gasteiger partial charge in [-0.25, -0.2) is 4.79 Å². The van der Waals surface area contributed by atoms with Crippen LogP contribution >= 0.6 is 0 Å². The largest absolute Gasteiger partial charge is 0.497 e. The second-order valence-corrected chi connectivity index (χ2v) is 3.47. The van der Waals surface area contributed by atoms with Crippen LogP contribution in [0.2, 0.25) is 0 Å². The molecule has 1 aromatic heterocycles. The van der Waals surface area contributed by atoms with Crippen molar-refractivity contribution in [2.45, 2.75) is 0 Å². The first-order valence-electron chi connectivity index (χ1n) is 5.17. The highest BCUT2D eigenvalue weighted by atomic mass is 16.5. The van der Waals surface area contributed by atoms with Crippen molar-refractivity contribution in [3.8, 4) is 5.75 Å². The molecule has 18 heavy (non-hydrogen) atoms. The third-order valence-corrected chi connectivity index (χ3v) is 2.33. The number of ether oxygens (including phenoxy) is 1. The zero-order valence-corrected chi connectivity index (χ0v) is 9.62. The molecule has 0 unspecified atom stereocenters. The summed E-state index contributed by atoms with van der Waals surface area (Å²) in [6, 6.07) is 7.35. The maximum absolute atomic E-state index is 10.8. The Labute approximate surface area is 103 Å². The Bertz CT molecular complexity index is 573. The molecule has 6 nitrogen and oxygen atoms in total. The van der Waals surface area contributed by atoms with Gasteiger partial charge in [0, 0.05) is 0 Å². The molecule has 2 N–H and O–H groups in total. The SMILES string of the molecule is COc1ccc(/C=C/c2n[nH]nc2C(=O)O)cc1. The van der Waals surface area contributed by atoms with Crippen LogP contribution in [0.25, 0.3) is 12.2 Å². The van der Waals surface area contributed by atoms with E-state index in [9.17, 15) is 4.79 Å². The van der Waals surface area contributed by atoms with Gasteiger partial charge in [-0.3, -0.25) is 0 Å². The molecule has 0 aliphatic rings. The number of aromatic amines is 1. The first-order chi connectivity index (χ1) is 8.70. The van der Waals surface area contributed by atoms with Crippen LogP contribution in [-0.2, 0) is 0 Å². The number of carboxylic acid groups (broad SMARTS) is 1. The fourth-order valence-corrected chi connectivity index (χ4v) is 1.40. The molecular weight excluding hydrogens is 234 g/mol. The third-order valence-electron chi connectivity index (χ3n) is 2.33. The highest BCUT2D eigenvalue weighted by molar-refractivity contribution is 5.90. The van der Waals surface area contributed by atoms with Crippen LogP contribution < -0.4 is 4.74 Å². The third kappa shape index (κ3) is 2.54. The summed E-state index contributed by atoms with van der Waals surface area (Å²) in [6.45, 7) is 0. The predicted molar refractivity (Wildman–Crippen MR) is 65.3 cm³/mol. The number of carboxylic acids is 1. The molecule has 0 aliphatic carbocycles. The van der Waals surface area contributed by atoms with Gasteiger partial charge in [0.15, 0.2) is 5.69 Å². The maximum Gasteiger partial charge on any atom is 0.358 e. The molecule has 0 bridgehead atoms. The van der Waals surface area contributed by atoms with Crippen molar-refractivity contribution in [3.05, 3.63) is 41.2 Å². The zero-order valence-electron chi connectivity index (χ0n) is 9.62. The maximum atomic E-state index is 10.8. The molecule has 0 saturated heterocycles. The van der Waals surface area contributed by atoms with E-state index in [1.165, 1.54) is 0 Å². The Morgan fingerprint density at radius 2 is 2.00 bits per heavy atom. The van der Waals surface area contributed by atoms with E-state index in [0.29, 0.717) is 5.69 Å². The van der Waals surface area contributed by atoms with Gasteiger partial charge in [-0.2, -0.15) is 10.3 Å². The average molecular weight is 245 g/mol. The van der Waals surface area contributed by atoms with Crippen LogP contribution in [0.1, 0.15) is 21.7 Å². The van der Waals surface area contributed by atoms with Crippen LogP contribution in [0.15, 0.2) is 24.3 Å². The Morgan fingerprint density at radius 3 is 2.61 bits per heavy atom. The number of hydrogen-bond donors (Lipinski definition) is 2. The first-order valence-corrected chi connectivity index (χ1v) is 5.17. The van der Waals surface area contributed by atoms with E-state index in [1.54, 1.807) is 19.3 Å². The van der Waals surface area contributed by atoms with Crippen molar-refractivity contribution in [2.24, 2.45) is 0 Å². The van der Waals surface area contributed by atoms with Gasteiger partial charge in [-0.1, -0.05) is 18.2 Å². The molecule has 0 saturated carbocycles. The number of hydrogen-bond acceptors (Lipinski definition) is 4. The lowest BCUT2D eigenvalue weighted by molar-refractivity contribution is 0.0690. The fourth-order valence-electron chi connectivity index (χ4n) is 1.40. The number of H-pyrrole nitrogens is 1. The van der Waals surface area contributed by atoms with Gasteiger partial charge in [0.2, 0.25) is 0 Å². The van der Waals surface area contributed by atoms with Crippen LogP contribution in [0.4, 0.5) is 0 Å². The van der Waals surface area contributed by atoms with Crippen molar-refractivity contribution in [3.63, 3.8) is 0 Å². The Morgan fingerprint density at radius 1 is 1.28 bits per heavy atom. The predicted octanol–water partition coefficient (Wildman–Crippen LogP) is 1.68. The monoisotopic (exact) mass is 245 g/mol. The van der Waals surface area contributed by atoms with E-state index in [0.717, 1.165) is 11.3 Å². The molecule has 0 amide bonds. The number of nitrogens with zero attached hydrogens (tertiary/aromatic N) is 2. The molecule has 1 aromatic carbocycles. The summed E-state index contributed by atoms with van der Waals surface area (Å²) < 4.78 is 5.04. The standard InChI is InChI=1S/C12H11N3O3/c1-18-9-5-2-8(3-6-9)4-7-10-11(12(16)17)14-15-13-10/h2-7H,1H3,(H,16,17)(H,13,14,15)/b7-4+. The van der Waals surface area contributed by atoms with Gasteiger partial charge in [0.05, 0.1) is 7.11 Å². The van der Waals surface area contributed by atoms with Crippen molar-refractivity contribution in [1.82, 2.24) is 15.4 Å². The topological polar surface area (TPSA) is 88.1 Å². The molecule has 2 rings (SSSR count). The number of methoxy groups -OCH3 is 1. The fraction of sp³-hybridized carbons (Fsp3) is 0.0833. The van der Waals surface area contributed by atoms with E-state index in [1.807, 2.05) is 24.3 Å². The molecule has 92 valence electrons. The van der Waals surface area contributed by atoms with E-state index >= 15 is 0 Å². The summed E-state index contributed by atoms with van der Waals surface area (Å²) in [5, 5.41) is 18.4. The lowest BCUT2D eigenvalue weighted by Crippen LogP contribution is -1.98. The Balaban J connectivity index is 2.19. The number of benzene rings is 1. The lowest BCUT2D eigenvalue weighted by Gasteiger charge is -1.98. The second kappa shape index (κ2) is 5.13. The number of aromatic carboxylic acids is 1. The number of rotatable bonds is 4. The van der Waals surface area contributed by atoms with Crippen molar-refractivity contribution < 1.29 is 14.6 Å². The normalized spacial score (nSPS) is 10.7. The van der Waals surface area contributed by atoms with Gasteiger partial charge < -0.3 is 9.84 Å². The van der Waals surface area contributed by atoms with E-state index < -0.39 is 5.97 Å². The number of carbonyl (C=O) groups is 1. The highest BCUT2D eigenvalue weighted by Gasteiger charge is 2.11. The summed E-state index contributed by atoms with van der Waals surface area (Å²) in [5.41, 5.74) is 1.10. The minimum Gasteiger partial charge on any atom is -0.497 e. The van der Waals surface area contributed by atoms with Crippen LogP contribution in [0.3, 0.4) is 0 Å². The van der Waals surface area contributed by atoms with E-state index in [2.05, 4.69) is 15.4 Å². The van der Waals surface area contributed by atoms with E-state index in [-0.39, 0.29) is 5.69 Å². The minimum absolute atomic E-state index is 0.0974. The quantitative estimate of drug-likeness (QED) is 0.855. The number of aromatic nitrogens is 3. The summed E-state index contributed by atoms with van der Waals surface area (Å²) in [7, 11) is 1.60. The van der Waals surface area contributed by atoms with Gasteiger partial charge >= 0.3 is 5.97 Å². The first kappa shape index (κ1) is 11.8. The highest BCUT2D eigenvalue weighted by Crippen LogP contribution is 2.14. The molecular formula is C12H11N3O3. The average Bonchev–Trinajstić information content (AvgIpc) is 2.85. The van der Waals surface area contributed by atoms with Crippen molar-refractivity contribution in [2.75, 3.05) is 7.11 Å². The van der Waals surface area contributed by atoms with Crippen LogP contribution in [-0.4, -0.2) is 33.6 Å². The van der Waals surface area contributed by atoms with E-state index in [4.69, 9.17) is 9.84 Å². The summed E-state index contributed by atoms with van der Waals surface area (Å²) in [5.74, 6) is -0.349. The smallest absolute Gasteiger partial charge is 0.358 e. The Kier molecular flexibility index (Phi) is 3.38. The molecule has 0 radical (unpaired) electrons. The lowest BCUT2D eigenvalue weighted by atomic mass is 10.2. The van der Waals surface area contributed by atoms with Gasteiger partial charge in [0.1, 0.15) is 11.4 Å². The van der Waals surface area contributed by atoms with Gasteiger partial charge in [-0.15, -0.1) is 5.10 Å². The molecule has 1 heterocycles. The summed E-state index contributed by atoms with van der Waals surface area (Å²) >= 11 is 0. The van der Waals surface area contributed by atoms with Gasteiger partial charge in [0.25, 0.3) is 0 Å². The molecule has 6 heteroatoms. The number of nitrogens with one attached hydrogen (secondary N) is 1. The van der Waals surface area contributed by atoms with Crippen molar-refractivity contribution in [1.29, 1.82) is 0 Å². The summed E-state index contributed by atoms with van der Waals surface area (Å²) in [6.07, 6.45) is 3.35. The summed E-state index contributed by atoms with van der Waals surface area (Å²) in [4.78, 5) is 10.8. The molecule has 0 spiro atoms. The zero-order chi connectivity index (χ0) is 13.0. The van der Waals surface area contributed by atoms with Crippen LogP contribution in [0, 0.1) is 0 Å². The molecule has 0 fully saturated rings. The molecule has 2 aromatic rings. The molecule has 0 aliphatic heterocycles. The minimum atomic E-state index is -1.11. The van der Waals surface area contributed by atoms with Crippen LogP contribution in [0.5, 0.6) is 5.75 Å². The molecule has 0 atom stereocenters. The Hall–Kier alpha value is -2.63. The van der Waals surface area contributed by atoms with Gasteiger partial charge in [-0.05, 0) is 23.8 Å². The van der Waals surface area contributed by atoms with Crippen molar-refractivity contribution >= 4 is 18.1 Å². The second-order valence-electron chi connectivity index (χ2n) is 3.47.